The maximum Gasteiger partial charge on any atom is 0.305 e. The third-order valence-electron chi connectivity index (χ3n) is 3.54. The molecule has 0 rings (SSSR count). The summed E-state index contributed by atoms with van der Waals surface area (Å²) in [5.74, 6) is -0.123. The molecule has 0 aliphatic rings. The van der Waals surface area contributed by atoms with Crippen LogP contribution in [0, 0.1) is 0 Å². The Morgan fingerprint density at radius 1 is 0.762 bits per heavy atom. The molecule has 0 saturated heterocycles. The molecule has 0 amide bonds. The minimum Gasteiger partial charge on any atom is -0.469 e. The SMILES string of the molecule is CCCCC/C=C\CCCCCC/C=C\CCC(=O)OC. The molecule has 0 spiro atoms. The number of unbranched alkanes of at least 4 members (excludes halogenated alkanes) is 8. The zero-order chi connectivity index (χ0) is 15.6. The van der Waals surface area contributed by atoms with Crippen molar-refractivity contribution in [1.29, 1.82) is 0 Å². The van der Waals surface area contributed by atoms with E-state index in [2.05, 4.69) is 36.0 Å². The summed E-state index contributed by atoms with van der Waals surface area (Å²) in [6.07, 6.45) is 23.1. The molecule has 0 aromatic heterocycles. The molecule has 0 bridgehead atoms. The van der Waals surface area contributed by atoms with Crippen LogP contribution in [0.15, 0.2) is 24.3 Å². The van der Waals surface area contributed by atoms with E-state index < -0.39 is 0 Å². The van der Waals surface area contributed by atoms with Crippen LogP contribution in [0.2, 0.25) is 0 Å². The van der Waals surface area contributed by atoms with Crippen LogP contribution in [0.1, 0.15) is 84.0 Å². The van der Waals surface area contributed by atoms with Gasteiger partial charge in [0.05, 0.1) is 7.11 Å². The smallest absolute Gasteiger partial charge is 0.305 e. The molecule has 0 saturated carbocycles. The molecule has 0 aliphatic heterocycles. The predicted molar refractivity (Wildman–Crippen MR) is 91.4 cm³/mol. The molecule has 122 valence electrons. The Hall–Kier alpha value is -1.05. The van der Waals surface area contributed by atoms with Crippen molar-refractivity contribution >= 4 is 5.97 Å². The Morgan fingerprint density at radius 3 is 1.71 bits per heavy atom. The lowest BCUT2D eigenvalue weighted by Gasteiger charge is -1.97. The summed E-state index contributed by atoms with van der Waals surface area (Å²) in [5.41, 5.74) is 0. The lowest BCUT2D eigenvalue weighted by Crippen LogP contribution is -1.97. The molecule has 0 N–H and O–H groups in total. The fourth-order valence-electron chi connectivity index (χ4n) is 2.16. The Morgan fingerprint density at radius 2 is 1.24 bits per heavy atom. The number of allylic oxidation sites excluding steroid dienone is 4. The highest BCUT2D eigenvalue weighted by Gasteiger charge is 1.95. The van der Waals surface area contributed by atoms with Crippen molar-refractivity contribution < 1.29 is 9.53 Å². The zero-order valence-electron chi connectivity index (χ0n) is 14.1. The van der Waals surface area contributed by atoms with Crippen LogP contribution in [-0.4, -0.2) is 13.1 Å². The van der Waals surface area contributed by atoms with Gasteiger partial charge >= 0.3 is 5.97 Å². The average molecular weight is 294 g/mol. The highest BCUT2D eigenvalue weighted by Crippen LogP contribution is 2.08. The average Bonchev–Trinajstić information content (AvgIpc) is 2.50. The molecule has 0 aromatic rings. The topological polar surface area (TPSA) is 26.3 Å². The van der Waals surface area contributed by atoms with Gasteiger partial charge in [-0.15, -0.1) is 0 Å². The second-order valence-electron chi connectivity index (χ2n) is 5.54. The maximum absolute atomic E-state index is 10.9. The molecule has 0 radical (unpaired) electrons. The molecular formula is C19H34O2. The van der Waals surface area contributed by atoms with Crippen molar-refractivity contribution in [2.45, 2.75) is 84.0 Å². The van der Waals surface area contributed by atoms with Gasteiger partial charge in [-0.1, -0.05) is 56.9 Å². The van der Waals surface area contributed by atoms with E-state index in [1.54, 1.807) is 0 Å². The molecule has 21 heavy (non-hydrogen) atoms. The van der Waals surface area contributed by atoms with E-state index in [0.717, 1.165) is 12.8 Å². The van der Waals surface area contributed by atoms with Gasteiger partial charge in [-0.2, -0.15) is 0 Å². The van der Waals surface area contributed by atoms with E-state index in [1.165, 1.54) is 64.9 Å². The van der Waals surface area contributed by atoms with Gasteiger partial charge in [-0.05, 0) is 44.9 Å². The van der Waals surface area contributed by atoms with E-state index in [4.69, 9.17) is 0 Å². The minimum atomic E-state index is -0.123. The molecule has 0 atom stereocenters. The monoisotopic (exact) mass is 294 g/mol. The van der Waals surface area contributed by atoms with Crippen LogP contribution in [0.5, 0.6) is 0 Å². The zero-order valence-corrected chi connectivity index (χ0v) is 14.1. The largest absolute Gasteiger partial charge is 0.469 e. The number of esters is 1. The standard InChI is InChI=1S/C19H34O2/c1-3-4-5-6-7-8-9-10-11-12-13-14-15-16-17-18-19(20)21-2/h7-8,15-16H,3-6,9-14,17-18H2,1-2H3/b8-7-,16-15-. The van der Waals surface area contributed by atoms with Gasteiger partial charge in [0.1, 0.15) is 0 Å². The molecule has 0 aromatic carbocycles. The van der Waals surface area contributed by atoms with E-state index in [-0.39, 0.29) is 5.97 Å². The Balaban J connectivity index is 3.18. The first-order chi connectivity index (χ1) is 10.3. The summed E-state index contributed by atoms with van der Waals surface area (Å²) in [6.45, 7) is 2.25. The van der Waals surface area contributed by atoms with Crippen LogP contribution >= 0.6 is 0 Å². The number of carbonyl (C=O) groups excluding carboxylic acids is 1. The normalized spacial score (nSPS) is 11.5. The number of ether oxygens (including phenoxy) is 1. The highest BCUT2D eigenvalue weighted by molar-refractivity contribution is 5.69. The predicted octanol–water partition coefficient (Wildman–Crippen LogP) is 5.97. The third-order valence-corrected chi connectivity index (χ3v) is 3.54. The van der Waals surface area contributed by atoms with Gasteiger partial charge in [-0.3, -0.25) is 4.79 Å². The van der Waals surface area contributed by atoms with Gasteiger partial charge in [0.15, 0.2) is 0 Å². The van der Waals surface area contributed by atoms with Gasteiger partial charge in [0, 0.05) is 6.42 Å². The van der Waals surface area contributed by atoms with E-state index >= 15 is 0 Å². The van der Waals surface area contributed by atoms with Crippen LogP contribution < -0.4 is 0 Å². The first kappa shape index (κ1) is 19.9. The third kappa shape index (κ3) is 16.9. The number of carbonyl (C=O) groups is 1. The summed E-state index contributed by atoms with van der Waals surface area (Å²) >= 11 is 0. The lowest BCUT2D eigenvalue weighted by molar-refractivity contribution is -0.140. The van der Waals surface area contributed by atoms with E-state index in [0.29, 0.717) is 6.42 Å². The van der Waals surface area contributed by atoms with Crippen molar-refractivity contribution in [3.8, 4) is 0 Å². The summed E-state index contributed by atoms with van der Waals surface area (Å²) in [5, 5.41) is 0. The molecule has 0 aliphatic carbocycles. The minimum absolute atomic E-state index is 0.123. The first-order valence-corrected chi connectivity index (χ1v) is 8.68. The molecule has 0 heterocycles. The quantitative estimate of drug-likeness (QED) is 0.224. The van der Waals surface area contributed by atoms with Crippen molar-refractivity contribution in [1.82, 2.24) is 0 Å². The van der Waals surface area contributed by atoms with Crippen LogP contribution in [-0.2, 0) is 9.53 Å². The number of hydrogen-bond acceptors (Lipinski definition) is 2. The van der Waals surface area contributed by atoms with E-state index in [9.17, 15) is 4.79 Å². The summed E-state index contributed by atoms with van der Waals surface area (Å²) in [4.78, 5) is 10.9. The molecule has 0 unspecified atom stereocenters. The fourth-order valence-corrected chi connectivity index (χ4v) is 2.16. The number of methoxy groups -OCH3 is 1. The van der Waals surface area contributed by atoms with Crippen molar-refractivity contribution in [3.63, 3.8) is 0 Å². The van der Waals surface area contributed by atoms with Crippen LogP contribution in [0.3, 0.4) is 0 Å². The Kier molecular flexibility index (Phi) is 16.2. The summed E-state index contributed by atoms with van der Waals surface area (Å²) in [7, 11) is 1.44. The van der Waals surface area contributed by atoms with Gasteiger partial charge in [-0.25, -0.2) is 0 Å². The van der Waals surface area contributed by atoms with Gasteiger partial charge < -0.3 is 4.74 Å². The molecule has 2 heteroatoms. The number of hydrogen-bond donors (Lipinski definition) is 0. The van der Waals surface area contributed by atoms with Crippen molar-refractivity contribution in [3.05, 3.63) is 24.3 Å². The highest BCUT2D eigenvalue weighted by atomic mass is 16.5. The fraction of sp³-hybridized carbons (Fsp3) is 0.737. The Labute approximate surface area is 131 Å². The van der Waals surface area contributed by atoms with Gasteiger partial charge in [0.25, 0.3) is 0 Å². The number of rotatable bonds is 14. The maximum atomic E-state index is 10.9. The van der Waals surface area contributed by atoms with Crippen LogP contribution in [0.4, 0.5) is 0 Å². The molecule has 0 fully saturated rings. The second-order valence-corrected chi connectivity index (χ2v) is 5.54. The van der Waals surface area contributed by atoms with Crippen molar-refractivity contribution in [2.75, 3.05) is 7.11 Å². The summed E-state index contributed by atoms with van der Waals surface area (Å²) in [6, 6.07) is 0. The first-order valence-electron chi connectivity index (χ1n) is 8.68. The van der Waals surface area contributed by atoms with Crippen LogP contribution in [0.25, 0.3) is 0 Å². The Bertz CT molecular complexity index is 279. The second kappa shape index (κ2) is 17.0. The molecule has 2 nitrogen and oxygen atoms in total. The lowest BCUT2D eigenvalue weighted by atomic mass is 10.1. The molecular weight excluding hydrogens is 260 g/mol. The van der Waals surface area contributed by atoms with Crippen molar-refractivity contribution in [2.24, 2.45) is 0 Å². The summed E-state index contributed by atoms with van der Waals surface area (Å²) < 4.78 is 4.59. The van der Waals surface area contributed by atoms with Gasteiger partial charge in [0.2, 0.25) is 0 Å². The van der Waals surface area contributed by atoms with E-state index in [1.807, 2.05) is 0 Å².